The van der Waals surface area contributed by atoms with Crippen LogP contribution >= 0.6 is 11.5 Å². The molecule has 0 saturated carbocycles. The van der Waals surface area contributed by atoms with Crippen LogP contribution < -0.4 is 5.32 Å². The molecule has 3 nitrogen and oxygen atoms in total. The predicted octanol–water partition coefficient (Wildman–Crippen LogP) is 3.31. The maximum atomic E-state index is 13.0. The average molecular weight is 277 g/mol. The van der Waals surface area contributed by atoms with Gasteiger partial charge in [0.05, 0.1) is 11.8 Å². The molecule has 96 valence electrons. The van der Waals surface area contributed by atoms with Gasteiger partial charge in [0.15, 0.2) is 0 Å². The third-order valence-corrected chi connectivity index (χ3v) is 2.79. The van der Waals surface area contributed by atoms with Gasteiger partial charge in [-0.15, -0.1) is 5.10 Å². The number of anilines is 1. The van der Waals surface area contributed by atoms with Crippen molar-refractivity contribution in [2.45, 2.75) is 12.7 Å². The van der Waals surface area contributed by atoms with Gasteiger partial charge in [-0.2, -0.15) is 13.2 Å². The van der Waals surface area contributed by atoms with Gasteiger partial charge in [-0.3, -0.25) is 0 Å². The second kappa shape index (κ2) is 4.89. The van der Waals surface area contributed by atoms with Gasteiger partial charge in [-0.1, -0.05) is 10.6 Å². The predicted molar refractivity (Wildman–Crippen MR) is 58.6 cm³/mol. The van der Waals surface area contributed by atoms with Crippen LogP contribution in [0.1, 0.15) is 11.1 Å². The largest absolute Gasteiger partial charge is 0.419 e. The lowest BCUT2D eigenvalue weighted by molar-refractivity contribution is -0.140. The first kappa shape index (κ1) is 12.7. The number of benzene rings is 1. The van der Waals surface area contributed by atoms with Crippen molar-refractivity contribution in [3.05, 3.63) is 41.3 Å². The Kier molecular flexibility index (Phi) is 3.46. The van der Waals surface area contributed by atoms with Crippen molar-refractivity contribution in [1.82, 2.24) is 9.59 Å². The summed E-state index contributed by atoms with van der Waals surface area (Å²) in [6, 6.07) is 2.90. The van der Waals surface area contributed by atoms with Gasteiger partial charge in [0.1, 0.15) is 10.8 Å². The molecule has 0 saturated heterocycles. The van der Waals surface area contributed by atoms with Gasteiger partial charge in [0.25, 0.3) is 0 Å². The molecule has 0 aliphatic rings. The van der Waals surface area contributed by atoms with Crippen molar-refractivity contribution in [2.24, 2.45) is 0 Å². The summed E-state index contributed by atoms with van der Waals surface area (Å²) in [6.07, 6.45) is -3.23. The Labute approximate surface area is 104 Å². The highest BCUT2D eigenvalue weighted by Gasteiger charge is 2.34. The van der Waals surface area contributed by atoms with E-state index >= 15 is 0 Å². The first-order valence-corrected chi connectivity index (χ1v) is 5.61. The topological polar surface area (TPSA) is 37.8 Å². The van der Waals surface area contributed by atoms with E-state index in [1.807, 2.05) is 0 Å². The molecular formula is C10H7F4N3S. The van der Waals surface area contributed by atoms with Crippen molar-refractivity contribution in [3.63, 3.8) is 0 Å². The molecule has 8 heteroatoms. The van der Waals surface area contributed by atoms with Crippen LogP contribution in [0.25, 0.3) is 0 Å². The van der Waals surface area contributed by atoms with Gasteiger partial charge in [-0.25, -0.2) is 4.39 Å². The van der Waals surface area contributed by atoms with Gasteiger partial charge in [0.2, 0.25) is 0 Å². The van der Waals surface area contributed by atoms with E-state index in [9.17, 15) is 17.6 Å². The Morgan fingerprint density at radius 3 is 2.67 bits per heavy atom. The molecule has 0 aliphatic heterocycles. The summed E-state index contributed by atoms with van der Waals surface area (Å²) >= 11 is 1.09. The smallest absolute Gasteiger partial charge is 0.370 e. The minimum absolute atomic E-state index is 0.146. The maximum Gasteiger partial charge on any atom is 0.419 e. The van der Waals surface area contributed by atoms with Gasteiger partial charge in [0, 0.05) is 18.1 Å². The molecule has 1 aromatic heterocycles. The van der Waals surface area contributed by atoms with E-state index in [0.29, 0.717) is 10.6 Å². The first-order valence-electron chi connectivity index (χ1n) is 4.83. The standard InChI is InChI=1S/C10H7F4N3S/c11-8-2-1-6(3-7(8)10(12,13)14)4-15-9-5-16-17-18-9/h1-3,5,15H,4H2. The number of hydrogen-bond acceptors (Lipinski definition) is 4. The van der Waals surface area contributed by atoms with Crippen molar-refractivity contribution in [3.8, 4) is 0 Å². The monoisotopic (exact) mass is 277 g/mol. The van der Waals surface area contributed by atoms with E-state index in [0.717, 1.165) is 23.7 Å². The van der Waals surface area contributed by atoms with E-state index in [2.05, 4.69) is 14.9 Å². The summed E-state index contributed by atoms with van der Waals surface area (Å²) in [5.41, 5.74) is -0.929. The van der Waals surface area contributed by atoms with Gasteiger partial charge >= 0.3 is 6.18 Å². The second-order valence-corrected chi connectivity index (χ2v) is 4.23. The molecule has 0 radical (unpaired) electrons. The first-order chi connectivity index (χ1) is 8.47. The molecule has 2 rings (SSSR count). The van der Waals surface area contributed by atoms with Gasteiger partial charge in [-0.05, 0) is 17.7 Å². The number of alkyl halides is 3. The Morgan fingerprint density at radius 1 is 1.28 bits per heavy atom. The molecule has 0 atom stereocenters. The second-order valence-electron chi connectivity index (χ2n) is 3.45. The molecule has 18 heavy (non-hydrogen) atoms. The molecule has 0 spiro atoms. The van der Waals surface area contributed by atoms with Crippen LogP contribution in [-0.2, 0) is 12.7 Å². The number of halogens is 4. The van der Waals surface area contributed by atoms with E-state index in [1.54, 1.807) is 0 Å². The lowest BCUT2D eigenvalue weighted by Gasteiger charge is -2.10. The molecule has 0 unspecified atom stereocenters. The summed E-state index contributed by atoms with van der Waals surface area (Å²) in [4.78, 5) is 0. The van der Waals surface area contributed by atoms with E-state index in [-0.39, 0.29) is 6.54 Å². The SMILES string of the molecule is Fc1ccc(CNc2cnns2)cc1C(F)(F)F. The van der Waals surface area contributed by atoms with Crippen molar-refractivity contribution < 1.29 is 17.6 Å². The molecule has 0 bridgehead atoms. The fourth-order valence-corrected chi connectivity index (χ4v) is 1.75. The zero-order chi connectivity index (χ0) is 13.2. The number of hydrogen-bond donors (Lipinski definition) is 1. The number of rotatable bonds is 3. The fourth-order valence-electron chi connectivity index (χ4n) is 1.33. The number of nitrogens with one attached hydrogen (secondary N) is 1. The zero-order valence-corrected chi connectivity index (χ0v) is 9.65. The fraction of sp³-hybridized carbons (Fsp3) is 0.200. The molecule has 0 aliphatic carbocycles. The van der Waals surface area contributed by atoms with Crippen molar-refractivity contribution >= 4 is 16.5 Å². The van der Waals surface area contributed by atoms with E-state index < -0.39 is 17.6 Å². The molecule has 1 aromatic carbocycles. The Bertz CT molecular complexity index is 524. The lowest BCUT2D eigenvalue weighted by atomic mass is 10.1. The van der Waals surface area contributed by atoms with Crippen LogP contribution in [0.15, 0.2) is 24.4 Å². The molecular weight excluding hydrogens is 270 g/mol. The van der Waals surface area contributed by atoms with E-state index in [1.165, 1.54) is 12.3 Å². The molecule has 1 N–H and O–H groups in total. The summed E-state index contributed by atoms with van der Waals surface area (Å²) in [6.45, 7) is 0.146. The van der Waals surface area contributed by atoms with Crippen molar-refractivity contribution in [1.29, 1.82) is 0 Å². The quantitative estimate of drug-likeness (QED) is 0.875. The van der Waals surface area contributed by atoms with Crippen LogP contribution in [-0.4, -0.2) is 9.59 Å². The maximum absolute atomic E-state index is 13.0. The Morgan fingerprint density at radius 2 is 2.06 bits per heavy atom. The molecule has 0 fully saturated rings. The Hall–Kier alpha value is -1.70. The third-order valence-electron chi connectivity index (χ3n) is 2.16. The lowest BCUT2D eigenvalue weighted by Crippen LogP contribution is -2.09. The summed E-state index contributed by atoms with van der Waals surface area (Å²) in [7, 11) is 0. The zero-order valence-electron chi connectivity index (χ0n) is 8.83. The van der Waals surface area contributed by atoms with E-state index in [4.69, 9.17) is 0 Å². The highest BCUT2D eigenvalue weighted by Crippen LogP contribution is 2.32. The summed E-state index contributed by atoms with van der Waals surface area (Å²) in [5, 5.41) is 7.05. The van der Waals surface area contributed by atoms with Crippen LogP contribution in [0.4, 0.5) is 22.6 Å². The van der Waals surface area contributed by atoms with Crippen LogP contribution in [0.2, 0.25) is 0 Å². The summed E-state index contributed by atoms with van der Waals surface area (Å²) < 4.78 is 54.0. The Balaban J connectivity index is 2.15. The average Bonchev–Trinajstić information content (AvgIpc) is 2.79. The molecule has 1 heterocycles. The number of aromatic nitrogens is 2. The van der Waals surface area contributed by atoms with Crippen LogP contribution in [0.3, 0.4) is 0 Å². The highest BCUT2D eigenvalue weighted by molar-refractivity contribution is 7.09. The molecule has 0 amide bonds. The minimum Gasteiger partial charge on any atom is -0.370 e. The minimum atomic E-state index is -4.69. The third kappa shape index (κ3) is 2.95. The van der Waals surface area contributed by atoms with Crippen LogP contribution in [0.5, 0.6) is 0 Å². The molecule has 2 aromatic rings. The van der Waals surface area contributed by atoms with Gasteiger partial charge < -0.3 is 5.32 Å². The summed E-state index contributed by atoms with van der Waals surface area (Å²) in [5.74, 6) is -1.27. The normalized spacial score (nSPS) is 11.6. The van der Waals surface area contributed by atoms with Crippen molar-refractivity contribution in [2.75, 3.05) is 5.32 Å². The highest BCUT2D eigenvalue weighted by atomic mass is 32.1. The number of nitrogens with zero attached hydrogens (tertiary/aromatic N) is 2. The van der Waals surface area contributed by atoms with Crippen LogP contribution in [0, 0.1) is 5.82 Å².